The number of nitro benzene ring substituents is 1. The van der Waals surface area contributed by atoms with Crippen LogP contribution in [0, 0.1) is 17.0 Å². The van der Waals surface area contributed by atoms with Gasteiger partial charge in [0, 0.05) is 28.1 Å². The number of aryl methyl sites for hydroxylation is 1. The molecule has 0 aliphatic rings. The van der Waals surface area contributed by atoms with Crippen LogP contribution in [-0.4, -0.2) is 15.8 Å². The number of thiazole rings is 1. The van der Waals surface area contributed by atoms with E-state index >= 15 is 0 Å². The second-order valence-corrected chi connectivity index (χ2v) is 6.38. The number of nitro groups is 1. The van der Waals surface area contributed by atoms with E-state index in [4.69, 9.17) is 0 Å². The molecule has 1 aromatic heterocycles. The van der Waals surface area contributed by atoms with Crippen molar-refractivity contribution >= 4 is 22.9 Å². The van der Waals surface area contributed by atoms with Crippen LogP contribution in [-0.2, 0) is 6.54 Å². The lowest BCUT2D eigenvalue weighted by molar-refractivity contribution is -0.385. The van der Waals surface area contributed by atoms with Crippen molar-refractivity contribution in [3.05, 3.63) is 80.2 Å². The Morgan fingerprint density at radius 3 is 2.72 bits per heavy atom. The fourth-order valence-corrected chi connectivity index (χ4v) is 3.08. The third-order valence-electron chi connectivity index (χ3n) is 3.69. The molecule has 1 N–H and O–H groups in total. The monoisotopic (exact) mass is 353 g/mol. The first kappa shape index (κ1) is 16.8. The average Bonchev–Trinajstić information content (AvgIpc) is 3.09. The zero-order valence-corrected chi connectivity index (χ0v) is 14.2. The standard InChI is InChI=1S/C18H15N3O3S/c1-12-7-8-14(9-16(12)21(23)24)18(22)19-10-17-20-15(11-25-17)13-5-3-2-4-6-13/h2-9,11H,10H2,1H3,(H,19,22). The topological polar surface area (TPSA) is 85.1 Å². The second-order valence-electron chi connectivity index (χ2n) is 5.43. The van der Waals surface area contributed by atoms with Gasteiger partial charge in [-0.25, -0.2) is 4.98 Å². The van der Waals surface area contributed by atoms with Gasteiger partial charge in [-0.3, -0.25) is 14.9 Å². The van der Waals surface area contributed by atoms with Crippen LogP contribution in [0.2, 0.25) is 0 Å². The smallest absolute Gasteiger partial charge is 0.273 e. The van der Waals surface area contributed by atoms with E-state index in [0.29, 0.717) is 5.56 Å². The van der Waals surface area contributed by atoms with Crippen molar-refractivity contribution in [3.63, 3.8) is 0 Å². The van der Waals surface area contributed by atoms with Gasteiger partial charge in [0.05, 0.1) is 17.2 Å². The Kier molecular flexibility index (Phi) is 4.85. The first-order valence-electron chi connectivity index (χ1n) is 7.57. The predicted molar refractivity (Wildman–Crippen MR) is 96.6 cm³/mol. The largest absolute Gasteiger partial charge is 0.346 e. The maximum atomic E-state index is 12.2. The summed E-state index contributed by atoms with van der Waals surface area (Å²) in [6.45, 7) is 1.92. The molecule has 0 radical (unpaired) electrons. The molecule has 1 heterocycles. The second kappa shape index (κ2) is 7.23. The number of carbonyl (C=O) groups is 1. The predicted octanol–water partition coefficient (Wildman–Crippen LogP) is 3.96. The van der Waals surface area contributed by atoms with E-state index in [-0.39, 0.29) is 23.7 Å². The number of nitrogens with one attached hydrogen (secondary N) is 1. The molecular formula is C18H15N3O3S. The van der Waals surface area contributed by atoms with E-state index in [1.165, 1.54) is 17.4 Å². The van der Waals surface area contributed by atoms with Crippen LogP contribution in [0.5, 0.6) is 0 Å². The minimum absolute atomic E-state index is 0.0618. The van der Waals surface area contributed by atoms with Crippen LogP contribution >= 0.6 is 11.3 Å². The molecule has 7 heteroatoms. The molecule has 0 aliphatic carbocycles. The van der Waals surface area contributed by atoms with Crippen LogP contribution in [0.25, 0.3) is 11.3 Å². The molecule has 2 aromatic carbocycles. The summed E-state index contributed by atoms with van der Waals surface area (Å²) in [5.74, 6) is -0.362. The molecular weight excluding hydrogens is 338 g/mol. The van der Waals surface area contributed by atoms with E-state index in [2.05, 4.69) is 10.3 Å². The van der Waals surface area contributed by atoms with Crippen molar-refractivity contribution < 1.29 is 9.72 Å². The number of amides is 1. The summed E-state index contributed by atoms with van der Waals surface area (Å²) in [4.78, 5) is 27.2. The third-order valence-corrected chi connectivity index (χ3v) is 4.54. The van der Waals surface area contributed by atoms with E-state index < -0.39 is 4.92 Å². The summed E-state index contributed by atoms with van der Waals surface area (Å²) in [6.07, 6.45) is 0. The number of rotatable bonds is 5. The Morgan fingerprint density at radius 1 is 1.24 bits per heavy atom. The Balaban J connectivity index is 1.68. The highest BCUT2D eigenvalue weighted by Crippen LogP contribution is 2.22. The molecule has 0 bridgehead atoms. The lowest BCUT2D eigenvalue weighted by Crippen LogP contribution is -2.22. The van der Waals surface area contributed by atoms with Crippen molar-refractivity contribution in [3.8, 4) is 11.3 Å². The van der Waals surface area contributed by atoms with Crippen molar-refractivity contribution in [2.45, 2.75) is 13.5 Å². The zero-order chi connectivity index (χ0) is 17.8. The lowest BCUT2D eigenvalue weighted by atomic mass is 10.1. The van der Waals surface area contributed by atoms with Gasteiger partial charge in [-0.2, -0.15) is 0 Å². The summed E-state index contributed by atoms with van der Waals surface area (Å²) in [5, 5.41) is 16.4. The van der Waals surface area contributed by atoms with Gasteiger partial charge in [0.1, 0.15) is 5.01 Å². The maximum absolute atomic E-state index is 12.2. The quantitative estimate of drug-likeness (QED) is 0.556. The highest BCUT2D eigenvalue weighted by Gasteiger charge is 2.15. The Morgan fingerprint density at radius 2 is 2.00 bits per heavy atom. The Hall–Kier alpha value is -3.06. The van der Waals surface area contributed by atoms with E-state index in [1.54, 1.807) is 19.1 Å². The van der Waals surface area contributed by atoms with Gasteiger partial charge < -0.3 is 5.32 Å². The molecule has 3 aromatic rings. The number of nitrogens with zero attached hydrogens (tertiary/aromatic N) is 2. The average molecular weight is 353 g/mol. The fourth-order valence-electron chi connectivity index (χ4n) is 2.34. The van der Waals surface area contributed by atoms with E-state index in [0.717, 1.165) is 16.3 Å². The summed E-state index contributed by atoms with van der Waals surface area (Å²) < 4.78 is 0. The Bertz CT molecular complexity index is 922. The molecule has 126 valence electrons. The summed E-state index contributed by atoms with van der Waals surface area (Å²) in [6, 6.07) is 14.2. The maximum Gasteiger partial charge on any atom is 0.273 e. The molecule has 0 atom stereocenters. The van der Waals surface area contributed by atoms with Crippen molar-refractivity contribution in [2.75, 3.05) is 0 Å². The van der Waals surface area contributed by atoms with Gasteiger partial charge >= 0.3 is 0 Å². The van der Waals surface area contributed by atoms with Crippen LogP contribution in [0.3, 0.4) is 0 Å². The van der Waals surface area contributed by atoms with Gasteiger partial charge in [0.25, 0.3) is 11.6 Å². The zero-order valence-electron chi connectivity index (χ0n) is 13.4. The van der Waals surface area contributed by atoms with E-state index in [9.17, 15) is 14.9 Å². The van der Waals surface area contributed by atoms with Crippen LogP contribution in [0.15, 0.2) is 53.9 Å². The van der Waals surface area contributed by atoms with Crippen molar-refractivity contribution in [2.24, 2.45) is 0 Å². The van der Waals surface area contributed by atoms with Gasteiger partial charge in [0.15, 0.2) is 0 Å². The first-order chi connectivity index (χ1) is 12.0. The van der Waals surface area contributed by atoms with Gasteiger partial charge in [-0.1, -0.05) is 36.4 Å². The summed E-state index contributed by atoms with van der Waals surface area (Å²) in [5.41, 5.74) is 2.60. The number of hydrogen-bond donors (Lipinski definition) is 1. The van der Waals surface area contributed by atoms with Crippen molar-refractivity contribution in [1.29, 1.82) is 0 Å². The summed E-state index contributed by atoms with van der Waals surface area (Å²) in [7, 11) is 0. The highest BCUT2D eigenvalue weighted by molar-refractivity contribution is 7.09. The molecule has 3 rings (SSSR count). The highest BCUT2D eigenvalue weighted by atomic mass is 32.1. The first-order valence-corrected chi connectivity index (χ1v) is 8.45. The van der Waals surface area contributed by atoms with Crippen LogP contribution < -0.4 is 5.32 Å². The molecule has 0 saturated carbocycles. The van der Waals surface area contributed by atoms with Crippen LogP contribution in [0.4, 0.5) is 5.69 Å². The van der Waals surface area contributed by atoms with Crippen LogP contribution in [0.1, 0.15) is 20.9 Å². The number of hydrogen-bond acceptors (Lipinski definition) is 5. The molecule has 0 saturated heterocycles. The number of benzene rings is 2. The molecule has 6 nitrogen and oxygen atoms in total. The minimum Gasteiger partial charge on any atom is -0.346 e. The van der Waals surface area contributed by atoms with Crippen molar-refractivity contribution in [1.82, 2.24) is 10.3 Å². The molecule has 25 heavy (non-hydrogen) atoms. The third kappa shape index (κ3) is 3.89. The molecule has 0 aliphatic heterocycles. The molecule has 1 amide bonds. The summed E-state index contributed by atoms with van der Waals surface area (Å²) >= 11 is 1.46. The van der Waals surface area contributed by atoms with E-state index in [1.807, 2.05) is 35.7 Å². The fraction of sp³-hybridized carbons (Fsp3) is 0.111. The molecule has 0 spiro atoms. The molecule has 0 unspecified atom stereocenters. The van der Waals surface area contributed by atoms with Gasteiger partial charge in [-0.15, -0.1) is 11.3 Å². The molecule has 0 fully saturated rings. The number of aromatic nitrogens is 1. The minimum atomic E-state index is -0.487. The SMILES string of the molecule is Cc1ccc(C(=O)NCc2nc(-c3ccccc3)cs2)cc1[N+](=O)[O-]. The Labute approximate surface area is 148 Å². The number of carbonyl (C=O) groups excluding carboxylic acids is 1. The lowest BCUT2D eigenvalue weighted by Gasteiger charge is -2.04. The normalized spacial score (nSPS) is 10.4. The van der Waals surface area contributed by atoms with Gasteiger partial charge in [0.2, 0.25) is 0 Å². The van der Waals surface area contributed by atoms with Gasteiger partial charge in [-0.05, 0) is 13.0 Å².